The first-order chi connectivity index (χ1) is 7.24. The van der Waals surface area contributed by atoms with Crippen LogP contribution in [-0.4, -0.2) is 25.3 Å². The van der Waals surface area contributed by atoms with E-state index in [9.17, 15) is 4.79 Å². The van der Waals surface area contributed by atoms with Crippen molar-refractivity contribution in [3.63, 3.8) is 0 Å². The molecule has 0 spiro atoms. The Hall–Kier alpha value is -1.71. The van der Waals surface area contributed by atoms with Gasteiger partial charge in [0.1, 0.15) is 12.4 Å². The highest BCUT2D eigenvalue weighted by atomic mass is 16.6. The third-order valence-electron chi connectivity index (χ3n) is 2.17. The summed E-state index contributed by atoms with van der Waals surface area (Å²) in [6.07, 6.45) is -0.550. The number of ether oxygens (including phenoxy) is 2. The largest absolute Gasteiger partial charge is 0.490 e. The number of nitrogens with one attached hydrogen (secondary N) is 1. The average molecular weight is 207 g/mol. The number of cyclic esters (lactones) is 1. The maximum atomic E-state index is 10.7. The molecule has 1 N–H and O–H groups in total. The minimum atomic E-state index is -0.368. The van der Waals surface area contributed by atoms with Gasteiger partial charge in [0.15, 0.2) is 6.10 Å². The smallest absolute Gasteiger partial charge is 0.407 e. The second-order valence-corrected chi connectivity index (χ2v) is 3.54. The van der Waals surface area contributed by atoms with E-state index >= 15 is 0 Å². The summed E-state index contributed by atoms with van der Waals surface area (Å²) in [5, 5.41) is 2.58. The predicted molar refractivity (Wildman–Crippen MR) is 54.9 cm³/mol. The van der Waals surface area contributed by atoms with E-state index in [2.05, 4.69) is 5.32 Å². The van der Waals surface area contributed by atoms with E-state index in [1.165, 1.54) is 0 Å². The summed E-state index contributed by atoms with van der Waals surface area (Å²) in [6.45, 7) is 2.91. The minimum Gasteiger partial charge on any atom is -0.490 e. The van der Waals surface area contributed by atoms with E-state index in [0.29, 0.717) is 13.2 Å². The maximum Gasteiger partial charge on any atom is 0.407 e. The van der Waals surface area contributed by atoms with Crippen LogP contribution < -0.4 is 10.1 Å². The number of rotatable bonds is 3. The van der Waals surface area contributed by atoms with E-state index in [1.807, 2.05) is 31.2 Å². The topological polar surface area (TPSA) is 47.6 Å². The Bertz CT molecular complexity index is 365. The van der Waals surface area contributed by atoms with Crippen molar-refractivity contribution in [3.05, 3.63) is 29.8 Å². The SMILES string of the molecule is Cc1cccc(OC[C@H]2CNC(=O)O2)c1. The summed E-state index contributed by atoms with van der Waals surface area (Å²) in [4.78, 5) is 10.7. The molecule has 4 nitrogen and oxygen atoms in total. The fourth-order valence-electron chi connectivity index (χ4n) is 1.42. The van der Waals surface area contributed by atoms with Gasteiger partial charge in [-0.1, -0.05) is 12.1 Å². The van der Waals surface area contributed by atoms with Crippen LogP contribution in [0.3, 0.4) is 0 Å². The molecule has 1 fully saturated rings. The molecule has 2 rings (SSSR count). The second kappa shape index (κ2) is 4.21. The van der Waals surface area contributed by atoms with E-state index in [-0.39, 0.29) is 12.2 Å². The van der Waals surface area contributed by atoms with Crippen LogP contribution in [0.1, 0.15) is 5.56 Å². The molecule has 1 aromatic carbocycles. The number of benzene rings is 1. The van der Waals surface area contributed by atoms with E-state index < -0.39 is 0 Å². The first-order valence-corrected chi connectivity index (χ1v) is 4.88. The molecule has 0 aliphatic carbocycles. The van der Waals surface area contributed by atoms with Crippen LogP contribution in [-0.2, 0) is 4.74 Å². The quantitative estimate of drug-likeness (QED) is 0.816. The van der Waals surface area contributed by atoms with Crippen LogP contribution in [0, 0.1) is 6.92 Å². The second-order valence-electron chi connectivity index (χ2n) is 3.54. The Morgan fingerprint density at radius 2 is 2.47 bits per heavy atom. The van der Waals surface area contributed by atoms with Gasteiger partial charge < -0.3 is 14.8 Å². The number of hydrogen-bond donors (Lipinski definition) is 1. The number of alkyl carbamates (subject to hydrolysis) is 1. The molecule has 1 aliphatic heterocycles. The van der Waals surface area contributed by atoms with E-state index in [0.717, 1.165) is 11.3 Å². The molecule has 15 heavy (non-hydrogen) atoms. The third kappa shape index (κ3) is 2.62. The molecule has 0 saturated carbocycles. The fraction of sp³-hybridized carbons (Fsp3) is 0.364. The van der Waals surface area contributed by atoms with E-state index in [4.69, 9.17) is 9.47 Å². The van der Waals surface area contributed by atoms with Gasteiger partial charge in [0, 0.05) is 0 Å². The molecule has 1 saturated heterocycles. The van der Waals surface area contributed by atoms with Gasteiger partial charge in [0.05, 0.1) is 6.54 Å². The lowest BCUT2D eigenvalue weighted by Crippen LogP contribution is -2.21. The molecule has 0 radical (unpaired) electrons. The molecule has 1 atom stereocenters. The van der Waals surface area contributed by atoms with Gasteiger partial charge in [-0.15, -0.1) is 0 Å². The lowest BCUT2D eigenvalue weighted by atomic mass is 10.2. The zero-order valence-corrected chi connectivity index (χ0v) is 8.53. The van der Waals surface area contributed by atoms with Gasteiger partial charge in [0.25, 0.3) is 0 Å². The van der Waals surface area contributed by atoms with Gasteiger partial charge >= 0.3 is 6.09 Å². The zero-order chi connectivity index (χ0) is 10.7. The molecule has 1 aliphatic rings. The van der Waals surface area contributed by atoms with Crippen molar-refractivity contribution in [1.29, 1.82) is 0 Å². The standard InChI is InChI=1S/C11H13NO3/c1-8-3-2-4-9(5-8)14-7-10-6-12-11(13)15-10/h2-5,10H,6-7H2,1H3,(H,12,13)/t10-/m1/s1. The summed E-state index contributed by atoms with van der Waals surface area (Å²) in [5.74, 6) is 0.804. The summed E-state index contributed by atoms with van der Waals surface area (Å²) in [5.41, 5.74) is 1.15. The highest BCUT2D eigenvalue weighted by Gasteiger charge is 2.22. The first kappa shape index (κ1) is 9.83. The van der Waals surface area contributed by atoms with Gasteiger partial charge in [0.2, 0.25) is 0 Å². The van der Waals surface area contributed by atoms with Crippen LogP contribution in [0.25, 0.3) is 0 Å². The van der Waals surface area contributed by atoms with Gasteiger partial charge in [-0.25, -0.2) is 4.79 Å². The maximum absolute atomic E-state index is 10.7. The van der Waals surface area contributed by atoms with Crippen molar-refractivity contribution in [3.8, 4) is 5.75 Å². The van der Waals surface area contributed by atoms with Crippen molar-refractivity contribution in [2.75, 3.05) is 13.2 Å². The van der Waals surface area contributed by atoms with Gasteiger partial charge in [-0.05, 0) is 24.6 Å². The number of hydrogen-bond acceptors (Lipinski definition) is 3. The minimum absolute atomic E-state index is 0.182. The number of amides is 1. The molecular weight excluding hydrogens is 194 g/mol. The molecule has 1 aromatic rings. The zero-order valence-electron chi connectivity index (χ0n) is 8.53. The van der Waals surface area contributed by atoms with Crippen molar-refractivity contribution >= 4 is 6.09 Å². The van der Waals surface area contributed by atoms with Gasteiger partial charge in [-0.2, -0.15) is 0 Å². The predicted octanol–water partition coefficient (Wildman–Crippen LogP) is 1.48. The average Bonchev–Trinajstić information content (AvgIpc) is 2.62. The highest BCUT2D eigenvalue weighted by molar-refractivity contribution is 5.69. The number of aryl methyl sites for hydroxylation is 1. The lowest BCUT2D eigenvalue weighted by Gasteiger charge is -2.10. The first-order valence-electron chi connectivity index (χ1n) is 4.88. The summed E-state index contributed by atoms with van der Waals surface area (Å²) < 4.78 is 10.4. The summed E-state index contributed by atoms with van der Waals surface area (Å²) >= 11 is 0. The molecule has 80 valence electrons. The molecule has 0 aromatic heterocycles. The number of carbonyl (C=O) groups is 1. The Balaban J connectivity index is 1.85. The Morgan fingerprint density at radius 1 is 1.60 bits per heavy atom. The van der Waals surface area contributed by atoms with Gasteiger partial charge in [-0.3, -0.25) is 0 Å². The summed E-state index contributed by atoms with van der Waals surface area (Å²) in [7, 11) is 0. The Labute approximate surface area is 88.2 Å². The lowest BCUT2D eigenvalue weighted by molar-refractivity contribution is 0.105. The van der Waals surface area contributed by atoms with E-state index in [1.54, 1.807) is 0 Å². The van der Waals surface area contributed by atoms with Crippen LogP contribution in [0.2, 0.25) is 0 Å². The monoisotopic (exact) mass is 207 g/mol. The van der Waals surface area contributed by atoms with Crippen LogP contribution >= 0.6 is 0 Å². The fourth-order valence-corrected chi connectivity index (χ4v) is 1.42. The molecule has 4 heteroatoms. The molecule has 1 heterocycles. The van der Waals surface area contributed by atoms with Crippen molar-refractivity contribution in [1.82, 2.24) is 5.32 Å². The summed E-state index contributed by atoms with van der Waals surface area (Å²) in [6, 6.07) is 7.77. The van der Waals surface area contributed by atoms with Crippen molar-refractivity contribution < 1.29 is 14.3 Å². The van der Waals surface area contributed by atoms with Crippen molar-refractivity contribution in [2.24, 2.45) is 0 Å². The third-order valence-corrected chi connectivity index (χ3v) is 2.17. The van der Waals surface area contributed by atoms with Crippen LogP contribution in [0.5, 0.6) is 5.75 Å². The molecule has 0 bridgehead atoms. The Kier molecular flexibility index (Phi) is 2.76. The molecule has 1 amide bonds. The van der Waals surface area contributed by atoms with Crippen LogP contribution in [0.4, 0.5) is 4.79 Å². The molecular formula is C11H13NO3. The molecule has 0 unspecified atom stereocenters. The number of carbonyl (C=O) groups excluding carboxylic acids is 1. The highest BCUT2D eigenvalue weighted by Crippen LogP contribution is 2.13. The van der Waals surface area contributed by atoms with Crippen molar-refractivity contribution in [2.45, 2.75) is 13.0 Å². The Morgan fingerprint density at radius 3 is 3.13 bits per heavy atom. The normalized spacial score (nSPS) is 19.5. The van der Waals surface area contributed by atoms with Crippen LogP contribution in [0.15, 0.2) is 24.3 Å².